The highest BCUT2D eigenvalue weighted by Gasteiger charge is 2.34. The van der Waals surface area contributed by atoms with Crippen LogP contribution in [0.15, 0.2) is 16.8 Å². The van der Waals surface area contributed by atoms with Gasteiger partial charge in [-0.25, -0.2) is 0 Å². The molecule has 0 amide bonds. The minimum absolute atomic E-state index is 0.126. The summed E-state index contributed by atoms with van der Waals surface area (Å²) in [6.07, 6.45) is -1.39. The zero-order valence-electron chi connectivity index (χ0n) is 6.02. The molecule has 1 heterocycles. The molecule has 0 N–H and O–H groups in total. The maximum atomic E-state index is 11.9. The Balaban J connectivity index is 2.71. The lowest BCUT2D eigenvalue weighted by Crippen LogP contribution is -2.14. The molecule has 0 saturated carbocycles. The van der Waals surface area contributed by atoms with Gasteiger partial charge >= 0.3 is 6.18 Å². The number of hydrogen-bond donors (Lipinski definition) is 0. The third-order valence-corrected chi connectivity index (χ3v) is 1.44. The van der Waals surface area contributed by atoms with Crippen molar-refractivity contribution in [3.05, 3.63) is 11.8 Å². The van der Waals surface area contributed by atoms with Gasteiger partial charge in [0.1, 0.15) is 5.70 Å². The molecule has 0 aromatic carbocycles. The van der Waals surface area contributed by atoms with E-state index in [1.807, 2.05) is 6.92 Å². The molecule has 1 nitrogen and oxygen atoms in total. The van der Waals surface area contributed by atoms with Crippen LogP contribution in [-0.4, -0.2) is 12.4 Å². The number of alkyl halides is 3. The van der Waals surface area contributed by atoms with Crippen molar-refractivity contribution in [3.63, 3.8) is 0 Å². The van der Waals surface area contributed by atoms with Gasteiger partial charge in [0.05, 0.1) is 0 Å². The first-order chi connectivity index (χ1) is 5.00. The van der Waals surface area contributed by atoms with Crippen LogP contribution in [0.4, 0.5) is 13.2 Å². The molecule has 62 valence electrons. The lowest BCUT2D eigenvalue weighted by atomic mass is 10.1. The van der Waals surface area contributed by atoms with Gasteiger partial charge in [-0.05, 0) is 12.3 Å². The van der Waals surface area contributed by atoms with Crippen LogP contribution in [0.2, 0.25) is 0 Å². The number of nitrogens with zero attached hydrogens (tertiary/aromatic N) is 1. The molecule has 0 aromatic heterocycles. The van der Waals surface area contributed by atoms with Crippen LogP contribution in [0.1, 0.15) is 13.3 Å². The highest BCUT2D eigenvalue weighted by molar-refractivity contribution is 5.63. The molecule has 0 aliphatic carbocycles. The van der Waals surface area contributed by atoms with Gasteiger partial charge in [-0.15, -0.1) is 0 Å². The molecule has 0 spiro atoms. The fraction of sp³-hybridized carbons (Fsp3) is 0.571. The Hall–Kier alpha value is -0.800. The summed E-state index contributed by atoms with van der Waals surface area (Å²) >= 11 is 0. The zero-order valence-corrected chi connectivity index (χ0v) is 6.02. The molecule has 1 unspecified atom stereocenters. The van der Waals surface area contributed by atoms with Crippen molar-refractivity contribution in [2.24, 2.45) is 10.9 Å². The fourth-order valence-corrected chi connectivity index (χ4v) is 0.808. The molecular weight excluding hydrogens is 155 g/mol. The molecule has 0 aromatic rings. The molecule has 1 aliphatic heterocycles. The van der Waals surface area contributed by atoms with Crippen molar-refractivity contribution < 1.29 is 13.2 Å². The van der Waals surface area contributed by atoms with E-state index in [4.69, 9.17) is 0 Å². The fourth-order valence-electron chi connectivity index (χ4n) is 0.808. The molecule has 0 saturated heterocycles. The smallest absolute Gasteiger partial charge is 0.256 e. The standard InChI is InChI=1S/C7H8F3N/c1-5-2-3-6(11-4-5)7(8,9)10/h3-5H,2H2,1H3. The van der Waals surface area contributed by atoms with Crippen LogP contribution in [0.25, 0.3) is 0 Å². The second kappa shape index (κ2) is 2.68. The normalized spacial score (nSPS) is 25.1. The van der Waals surface area contributed by atoms with E-state index >= 15 is 0 Å². The summed E-state index contributed by atoms with van der Waals surface area (Å²) in [5.74, 6) is 0.126. The third-order valence-electron chi connectivity index (χ3n) is 1.44. The van der Waals surface area contributed by atoms with Crippen molar-refractivity contribution in [3.8, 4) is 0 Å². The number of halogens is 3. The Labute approximate surface area is 62.6 Å². The molecule has 11 heavy (non-hydrogen) atoms. The SMILES string of the molecule is CC1C=NC(C(F)(F)F)=CC1. The Kier molecular flexibility index (Phi) is 2.02. The average Bonchev–Trinajstić information content (AvgIpc) is 1.86. The van der Waals surface area contributed by atoms with Crippen LogP contribution in [0.3, 0.4) is 0 Å². The summed E-state index contributed by atoms with van der Waals surface area (Å²) in [6, 6.07) is 0. The van der Waals surface area contributed by atoms with Crippen molar-refractivity contribution in [1.29, 1.82) is 0 Å². The predicted octanol–water partition coefficient (Wildman–Crippen LogP) is 2.54. The van der Waals surface area contributed by atoms with E-state index in [2.05, 4.69) is 4.99 Å². The van der Waals surface area contributed by atoms with E-state index in [1.54, 1.807) is 0 Å². The predicted molar refractivity (Wildman–Crippen MR) is 36.4 cm³/mol. The molecule has 1 rings (SSSR count). The third kappa shape index (κ3) is 2.06. The van der Waals surface area contributed by atoms with Gasteiger partial charge in [0, 0.05) is 6.21 Å². The second-order valence-corrected chi connectivity index (χ2v) is 2.58. The molecule has 1 aliphatic rings. The van der Waals surface area contributed by atoms with Crippen LogP contribution in [-0.2, 0) is 0 Å². The molecule has 0 fully saturated rings. The highest BCUT2D eigenvalue weighted by atomic mass is 19.4. The van der Waals surface area contributed by atoms with Gasteiger partial charge < -0.3 is 0 Å². The molecule has 1 atom stereocenters. The van der Waals surface area contributed by atoms with Gasteiger partial charge in [0.15, 0.2) is 0 Å². The minimum Gasteiger partial charge on any atom is -0.256 e. The van der Waals surface area contributed by atoms with Crippen LogP contribution < -0.4 is 0 Å². The summed E-state index contributed by atoms with van der Waals surface area (Å²) in [7, 11) is 0. The lowest BCUT2D eigenvalue weighted by molar-refractivity contribution is -0.0927. The van der Waals surface area contributed by atoms with Crippen LogP contribution in [0.5, 0.6) is 0 Å². The van der Waals surface area contributed by atoms with Gasteiger partial charge in [0.25, 0.3) is 0 Å². The average molecular weight is 163 g/mol. The van der Waals surface area contributed by atoms with Crippen molar-refractivity contribution >= 4 is 6.21 Å². The highest BCUT2D eigenvalue weighted by Crippen LogP contribution is 2.29. The van der Waals surface area contributed by atoms with Crippen LogP contribution >= 0.6 is 0 Å². The first kappa shape index (κ1) is 8.30. The lowest BCUT2D eigenvalue weighted by Gasteiger charge is -2.12. The van der Waals surface area contributed by atoms with Crippen molar-refractivity contribution in [2.45, 2.75) is 19.5 Å². The first-order valence-electron chi connectivity index (χ1n) is 3.31. The second-order valence-electron chi connectivity index (χ2n) is 2.58. The van der Waals surface area contributed by atoms with Crippen molar-refractivity contribution in [2.75, 3.05) is 0 Å². The van der Waals surface area contributed by atoms with E-state index in [0.29, 0.717) is 6.42 Å². The first-order valence-corrected chi connectivity index (χ1v) is 3.31. The Morgan fingerprint density at radius 1 is 1.55 bits per heavy atom. The maximum absolute atomic E-state index is 11.9. The Bertz CT molecular complexity index is 202. The number of allylic oxidation sites excluding steroid dienone is 2. The van der Waals surface area contributed by atoms with Crippen molar-refractivity contribution in [1.82, 2.24) is 0 Å². The Morgan fingerprint density at radius 3 is 2.55 bits per heavy atom. The van der Waals surface area contributed by atoms with Gasteiger partial charge in [-0.3, -0.25) is 4.99 Å². The maximum Gasteiger partial charge on any atom is 0.432 e. The summed E-state index contributed by atoms with van der Waals surface area (Å²) < 4.78 is 35.7. The van der Waals surface area contributed by atoms with E-state index in [9.17, 15) is 13.2 Å². The number of aliphatic imine (C=N–C) groups is 1. The quantitative estimate of drug-likeness (QED) is 0.520. The summed E-state index contributed by atoms with van der Waals surface area (Å²) in [4.78, 5) is 3.29. The van der Waals surface area contributed by atoms with Gasteiger partial charge in [-0.1, -0.05) is 13.0 Å². The largest absolute Gasteiger partial charge is 0.432 e. The minimum atomic E-state index is -4.28. The molecule has 4 heteroatoms. The summed E-state index contributed by atoms with van der Waals surface area (Å²) in [6.45, 7) is 1.83. The summed E-state index contributed by atoms with van der Waals surface area (Å²) in [5.41, 5.74) is -0.768. The Morgan fingerprint density at radius 2 is 2.18 bits per heavy atom. The molecular formula is C7H8F3N. The molecule has 0 radical (unpaired) electrons. The van der Waals surface area contributed by atoms with E-state index < -0.39 is 11.9 Å². The number of hydrogen-bond acceptors (Lipinski definition) is 1. The number of rotatable bonds is 0. The monoisotopic (exact) mass is 163 g/mol. The van der Waals surface area contributed by atoms with E-state index in [-0.39, 0.29) is 5.92 Å². The van der Waals surface area contributed by atoms with E-state index in [0.717, 1.165) is 6.08 Å². The van der Waals surface area contributed by atoms with E-state index in [1.165, 1.54) is 6.21 Å². The molecule has 0 bridgehead atoms. The zero-order chi connectivity index (χ0) is 8.48. The van der Waals surface area contributed by atoms with Gasteiger partial charge in [-0.2, -0.15) is 13.2 Å². The topological polar surface area (TPSA) is 12.4 Å². The van der Waals surface area contributed by atoms with Crippen LogP contribution in [0, 0.1) is 5.92 Å². The summed E-state index contributed by atoms with van der Waals surface area (Å²) in [5, 5.41) is 0. The van der Waals surface area contributed by atoms with Gasteiger partial charge in [0.2, 0.25) is 0 Å².